The van der Waals surface area contributed by atoms with Gasteiger partial charge < -0.3 is 14.4 Å². The van der Waals surface area contributed by atoms with Gasteiger partial charge in [0.1, 0.15) is 13.7 Å². The number of rotatable bonds is 7. The van der Waals surface area contributed by atoms with E-state index in [1.54, 1.807) is 37.4 Å². The summed E-state index contributed by atoms with van der Waals surface area (Å²) in [7, 11) is 2.67. The molecule has 0 aliphatic heterocycles. The van der Waals surface area contributed by atoms with Gasteiger partial charge in [-0.05, 0) is 24.6 Å². The van der Waals surface area contributed by atoms with Crippen molar-refractivity contribution in [1.29, 1.82) is 5.26 Å². The van der Waals surface area contributed by atoms with Crippen molar-refractivity contribution in [1.82, 2.24) is 0 Å². The third kappa shape index (κ3) is 6.30. The molecular formula is C21H19F3N4O3. The highest BCUT2D eigenvalue weighted by Crippen LogP contribution is 2.29. The van der Waals surface area contributed by atoms with E-state index >= 15 is 0 Å². The Morgan fingerprint density at radius 3 is 2.45 bits per heavy atom. The van der Waals surface area contributed by atoms with Crippen LogP contribution in [0.4, 0.5) is 13.2 Å². The molecule has 0 saturated heterocycles. The van der Waals surface area contributed by atoms with Crippen molar-refractivity contribution < 1.29 is 27.6 Å². The quantitative estimate of drug-likeness (QED) is 0.278. The van der Waals surface area contributed by atoms with Gasteiger partial charge in [0.2, 0.25) is 6.19 Å². The number of halogens is 3. The maximum atomic E-state index is 12.9. The lowest BCUT2D eigenvalue weighted by Gasteiger charge is -2.12. The molecule has 2 aromatic carbocycles. The molecule has 0 N–H and O–H groups in total. The molecular weight excluding hydrogens is 413 g/mol. The molecule has 7 nitrogen and oxygen atoms in total. The van der Waals surface area contributed by atoms with Gasteiger partial charge in [-0.2, -0.15) is 18.4 Å². The molecule has 0 heterocycles. The van der Waals surface area contributed by atoms with Crippen molar-refractivity contribution in [2.75, 3.05) is 14.2 Å². The molecule has 10 heteroatoms. The van der Waals surface area contributed by atoms with E-state index in [0.717, 1.165) is 12.1 Å². The van der Waals surface area contributed by atoms with E-state index in [1.165, 1.54) is 26.4 Å². The van der Waals surface area contributed by atoms with Gasteiger partial charge in [-0.3, -0.25) is 0 Å². The van der Waals surface area contributed by atoms with E-state index in [4.69, 9.17) is 19.7 Å². The van der Waals surface area contributed by atoms with Crippen LogP contribution in [-0.2, 0) is 27.2 Å². The van der Waals surface area contributed by atoms with Gasteiger partial charge in [-0.15, -0.1) is 4.99 Å². The van der Waals surface area contributed by atoms with E-state index in [-0.39, 0.29) is 29.5 Å². The van der Waals surface area contributed by atoms with Gasteiger partial charge in [0.05, 0.1) is 18.4 Å². The van der Waals surface area contributed by atoms with Crippen LogP contribution >= 0.6 is 0 Å². The molecule has 0 spiro atoms. The standard InChI is InChI=1S/C21H19F3N4O3/c1-14(15-8-6-9-17(11-15)21(22,23)24)27-31-12-16-7-4-5-10-18(16)19(28-30-3)20(29-2)26-13-25/h4-11H,12H2,1-3H3/b26-20?,27-14?,28-19+. The second kappa shape index (κ2) is 10.8. The summed E-state index contributed by atoms with van der Waals surface area (Å²) in [4.78, 5) is 13.8. The molecule has 0 unspecified atom stereocenters. The summed E-state index contributed by atoms with van der Waals surface area (Å²) in [5.41, 5.74) is 1.10. The summed E-state index contributed by atoms with van der Waals surface area (Å²) in [5.74, 6) is -0.0551. The number of hydrogen-bond donors (Lipinski definition) is 0. The molecule has 0 fully saturated rings. The Balaban J connectivity index is 2.27. The summed E-state index contributed by atoms with van der Waals surface area (Å²) >= 11 is 0. The van der Waals surface area contributed by atoms with Crippen molar-refractivity contribution in [3.05, 3.63) is 70.8 Å². The Kier molecular flexibility index (Phi) is 8.14. The van der Waals surface area contributed by atoms with Gasteiger partial charge in [0.25, 0.3) is 5.90 Å². The monoisotopic (exact) mass is 432 g/mol. The Hall–Kier alpha value is -3.87. The highest BCUT2D eigenvalue weighted by atomic mass is 19.4. The first-order valence-electron chi connectivity index (χ1n) is 8.86. The van der Waals surface area contributed by atoms with Gasteiger partial charge in [-0.1, -0.05) is 46.7 Å². The summed E-state index contributed by atoms with van der Waals surface area (Å²) in [6.45, 7) is 1.51. The number of aliphatic imine (C=N–C) groups is 1. The first kappa shape index (κ1) is 23.4. The fourth-order valence-electron chi connectivity index (χ4n) is 2.58. The average molecular weight is 432 g/mol. The molecule has 162 valence electrons. The molecule has 2 rings (SSSR count). The fraction of sp³-hybridized carbons (Fsp3) is 0.238. The Bertz CT molecular complexity index is 1040. The summed E-state index contributed by atoms with van der Waals surface area (Å²) < 4.78 is 43.8. The lowest BCUT2D eigenvalue weighted by molar-refractivity contribution is -0.137. The predicted molar refractivity (Wildman–Crippen MR) is 108 cm³/mol. The van der Waals surface area contributed by atoms with Gasteiger partial charge >= 0.3 is 6.18 Å². The highest BCUT2D eigenvalue weighted by molar-refractivity contribution is 6.45. The molecule has 0 aliphatic carbocycles. The number of hydrogen-bond acceptors (Lipinski definition) is 7. The number of benzene rings is 2. The lowest BCUT2D eigenvalue weighted by Crippen LogP contribution is -2.20. The normalized spacial score (nSPS) is 12.9. The molecule has 0 aromatic heterocycles. The Morgan fingerprint density at radius 1 is 1.06 bits per heavy atom. The second-order valence-corrected chi connectivity index (χ2v) is 6.03. The van der Waals surface area contributed by atoms with Crippen LogP contribution < -0.4 is 0 Å². The van der Waals surface area contributed by atoms with Crippen LogP contribution in [0.1, 0.15) is 29.2 Å². The summed E-state index contributed by atoms with van der Waals surface area (Å²) in [6, 6.07) is 11.7. The molecule has 31 heavy (non-hydrogen) atoms. The number of alkyl halides is 3. The van der Waals surface area contributed by atoms with Crippen LogP contribution in [0, 0.1) is 11.5 Å². The van der Waals surface area contributed by atoms with Gasteiger partial charge in [0, 0.05) is 11.1 Å². The minimum absolute atomic E-state index is 0.0290. The van der Waals surface area contributed by atoms with Crippen molar-refractivity contribution in [3.63, 3.8) is 0 Å². The van der Waals surface area contributed by atoms with Crippen LogP contribution in [0.2, 0.25) is 0 Å². The first-order valence-corrected chi connectivity index (χ1v) is 8.86. The fourth-order valence-corrected chi connectivity index (χ4v) is 2.58. The molecule has 0 aliphatic rings. The molecule has 0 amide bonds. The van der Waals surface area contributed by atoms with Crippen LogP contribution in [0.15, 0.2) is 63.8 Å². The smallest absolute Gasteiger partial charge is 0.416 e. The van der Waals surface area contributed by atoms with E-state index in [2.05, 4.69) is 15.3 Å². The van der Waals surface area contributed by atoms with Crippen LogP contribution in [0.25, 0.3) is 0 Å². The zero-order valence-electron chi connectivity index (χ0n) is 17.0. The lowest BCUT2D eigenvalue weighted by atomic mass is 10.0. The third-order valence-corrected chi connectivity index (χ3v) is 4.03. The van der Waals surface area contributed by atoms with E-state index in [9.17, 15) is 13.2 Å². The van der Waals surface area contributed by atoms with Crippen LogP contribution in [0.3, 0.4) is 0 Å². The number of methoxy groups -OCH3 is 1. The minimum Gasteiger partial charge on any atom is -0.479 e. The maximum Gasteiger partial charge on any atom is 0.416 e. The Labute approximate surface area is 177 Å². The number of ether oxygens (including phenoxy) is 1. The zero-order valence-corrected chi connectivity index (χ0v) is 17.0. The highest BCUT2D eigenvalue weighted by Gasteiger charge is 2.30. The van der Waals surface area contributed by atoms with Crippen LogP contribution in [0.5, 0.6) is 0 Å². The SMILES string of the molecule is CO/N=C(/C(=NC#N)OC)c1ccccc1CON=C(C)c1cccc(C(F)(F)F)c1. The number of oxime groups is 2. The number of nitrogens with zero attached hydrogens (tertiary/aromatic N) is 4. The molecule has 0 bridgehead atoms. The summed E-state index contributed by atoms with van der Waals surface area (Å²) in [5, 5.41) is 16.7. The Morgan fingerprint density at radius 2 is 1.81 bits per heavy atom. The van der Waals surface area contributed by atoms with Gasteiger partial charge in [0.15, 0.2) is 5.71 Å². The van der Waals surface area contributed by atoms with Crippen molar-refractivity contribution in [2.45, 2.75) is 19.7 Å². The van der Waals surface area contributed by atoms with Crippen LogP contribution in [-0.4, -0.2) is 31.5 Å². The maximum absolute atomic E-state index is 12.9. The minimum atomic E-state index is -4.45. The van der Waals surface area contributed by atoms with E-state index in [0.29, 0.717) is 11.1 Å². The largest absolute Gasteiger partial charge is 0.479 e. The zero-order chi connectivity index (χ0) is 22.9. The molecule has 2 aromatic rings. The molecule has 0 radical (unpaired) electrons. The van der Waals surface area contributed by atoms with Gasteiger partial charge in [-0.25, -0.2) is 0 Å². The topological polar surface area (TPSA) is 88.6 Å². The van der Waals surface area contributed by atoms with Crippen molar-refractivity contribution in [3.8, 4) is 6.19 Å². The molecule has 0 saturated carbocycles. The van der Waals surface area contributed by atoms with Crippen molar-refractivity contribution >= 4 is 17.3 Å². The third-order valence-electron chi connectivity index (χ3n) is 4.03. The predicted octanol–water partition coefficient (Wildman–Crippen LogP) is 4.52. The van der Waals surface area contributed by atoms with Crippen molar-refractivity contribution in [2.24, 2.45) is 15.3 Å². The first-order chi connectivity index (χ1) is 14.8. The van der Waals surface area contributed by atoms with E-state index in [1.807, 2.05) is 0 Å². The number of nitriles is 1. The second-order valence-electron chi connectivity index (χ2n) is 6.03. The average Bonchev–Trinajstić information content (AvgIpc) is 2.76. The van der Waals surface area contributed by atoms with E-state index < -0.39 is 11.7 Å². The molecule has 0 atom stereocenters. The summed E-state index contributed by atoms with van der Waals surface area (Å²) in [6.07, 6.45) is -2.82.